The lowest BCUT2D eigenvalue weighted by Crippen LogP contribution is -2.44. The number of nitrogens with zero attached hydrogens (tertiary/aromatic N) is 4. The number of aliphatic imine (C=N–C) groups is 1. The fourth-order valence-electron chi connectivity index (χ4n) is 3.24. The average molecular weight is 508 g/mol. The number of piperidine rings is 1. The molecule has 0 aromatic carbocycles. The fourth-order valence-corrected chi connectivity index (χ4v) is 3.24. The highest BCUT2D eigenvalue weighted by atomic mass is 127. The van der Waals surface area contributed by atoms with Gasteiger partial charge < -0.3 is 25.4 Å². The Morgan fingerprint density at radius 1 is 1.39 bits per heavy atom. The molecule has 8 nitrogen and oxygen atoms in total. The molecule has 2 heterocycles. The lowest BCUT2D eigenvalue weighted by Gasteiger charge is -2.32. The van der Waals surface area contributed by atoms with E-state index in [4.69, 9.17) is 4.74 Å². The van der Waals surface area contributed by atoms with E-state index in [0.29, 0.717) is 5.92 Å². The quantitative estimate of drug-likeness (QED) is 0.264. The highest BCUT2D eigenvalue weighted by molar-refractivity contribution is 14.0. The van der Waals surface area contributed by atoms with E-state index in [1.165, 1.54) is 12.8 Å². The van der Waals surface area contributed by atoms with Gasteiger partial charge in [-0.3, -0.25) is 4.68 Å². The molecule has 0 aliphatic carbocycles. The van der Waals surface area contributed by atoms with Crippen molar-refractivity contribution in [2.24, 2.45) is 18.0 Å². The summed E-state index contributed by atoms with van der Waals surface area (Å²) in [5, 5.41) is 21.5. The second kappa shape index (κ2) is 12.6. The zero-order valence-electron chi connectivity index (χ0n) is 17.6. The first kappa shape index (κ1) is 25.1. The summed E-state index contributed by atoms with van der Waals surface area (Å²) < 4.78 is 6.85. The molecule has 0 amide bonds. The van der Waals surface area contributed by atoms with E-state index in [1.807, 2.05) is 20.2 Å². The summed E-state index contributed by atoms with van der Waals surface area (Å²) in [6, 6.07) is 0. The fraction of sp³-hybridized carbons (Fsp3) is 0.789. The van der Waals surface area contributed by atoms with E-state index < -0.39 is 5.60 Å². The van der Waals surface area contributed by atoms with Crippen LogP contribution >= 0.6 is 24.0 Å². The lowest BCUT2D eigenvalue weighted by molar-refractivity contribution is 0.0671. The number of aliphatic hydroxyl groups is 1. The van der Waals surface area contributed by atoms with Gasteiger partial charge in [-0.25, -0.2) is 4.99 Å². The Kier molecular flexibility index (Phi) is 11.3. The maximum absolute atomic E-state index is 10.7. The van der Waals surface area contributed by atoms with Gasteiger partial charge in [0, 0.05) is 45.6 Å². The van der Waals surface area contributed by atoms with Gasteiger partial charge in [0.15, 0.2) is 5.96 Å². The minimum atomic E-state index is -1.04. The average Bonchev–Trinajstić information content (AvgIpc) is 3.10. The van der Waals surface area contributed by atoms with Crippen LogP contribution in [0.3, 0.4) is 0 Å². The Balaban J connectivity index is 0.00000392. The highest BCUT2D eigenvalue weighted by Crippen LogP contribution is 2.20. The van der Waals surface area contributed by atoms with Gasteiger partial charge in [-0.15, -0.1) is 24.0 Å². The monoisotopic (exact) mass is 508 g/mol. The van der Waals surface area contributed by atoms with Gasteiger partial charge in [0.2, 0.25) is 0 Å². The molecule has 0 saturated carbocycles. The number of aryl methyl sites for hydroxylation is 1. The Bertz CT molecular complexity index is 585. The van der Waals surface area contributed by atoms with Crippen molar-refractivity contribution in [1.29, 1.82) is 0 Å². The third kappa shape index (κ3) is 8.22. The minimum absolute atomic E-state index is 0. The van der Waals surface area contributed by atoms with E-state index >= 15 is 0 Å². The predicted octanol–water partition coefficient (Wildman–Crippen LogP) is 1.16. The first-order valence-electron chi connectivity index (χ1n) is 9.89. The summed E-state index contributed by atoms with van der Waals surface area (Å²) in [6.07, 6.45) is 5.88. The number of hydrogen-bond donors (Lipinski definition) is 3. The molecule has 2 rings (SSSR count). The minimum Gasteiger partial charge on any atom is -0.383 e. The van der Waals surface area contributed by atoms with Crippen LogP contribution in [0.25, 0.3) is 0 Å². The largest absolute Gasteiger partial charge is 0.383 e. The zero-order chi connectivity index (χ0) is 19.7. The van der Waals surface area contributed by atoms with Crippen LogP contribution in [0.15, 0.2) is 17.4 Å². The first-order valence-corrected chi connectivity index (χ1v) is 9.89. The molecule has 28 heavy (non-hydrogen) atoms. The third-order valence-corrected chi connectivity index (χ3v) is 5.09. The molecule has 0 bridgehead atoms. The summed E-state index contributed by atoms with van der Waals surface area (Å²) in [5.74, 6) is 1.40. The second-order valence-corrected chi connectivity index (χ2v) is 7.53. The van der Waals surface area contributed by atoms with Gasteiger partial charge in [-0.2, -0.15) is 5.10 Å². The van der Waals surface area contributed by atoms with Crippen molar-refractivity contribution < 1.29 is 9.84 Å². The van der Waals surface area contributed by atoms with Crippen LogP contribution < -0.4 is 10.6 Å². The number of ether oxygens (including phenoxy) is 1. The van der Waals surface area contributed by atoms with Crippen molar-refractivity contribution in [3.63, 3.8) is 0 Å². The second-order valence-electron chi connectivity index (χ2n) is 7.53. The van der Waals surface area contributed by atoms with E-state index in [1.54, 1.807) is 24.9 Å². The van der Waals surface area contributed by atoms with E-state index in [2.05, 4.69) is 25.6 Å². The van der Waals surface area contributed by atoms with Gasteiger partial charge in [-0.1, -0.05) is 0 Å². The first-order chi connectivity index (χ1) is 12.9. The normalized spacial score (nSPS) is 18.4. The summed E-state index contributed by atoms with van der Waals surface area (Å²) in [6.45, 7) is 9.86. The highest BCUT2D eigenvalue weighted by Gasteiger charge is 2.25. The molecule has 0 spiro atoms. The molecule has 1 aromatic rings. The van der Waals surface area contributed by atoms with Gasteiger partial charge >= 0.3 is 0 Å². The van der Waals surface area contributed by atoms with Crippen LogP contribution in [0.1, 0.15) is 32.3 Å². The molecule has 1 unspecified atom stereocenters. The van der Waals surface area contributed by atoms with Crippen molar-refractivity contribution in [2.75, 3.05) is 53.0 Å². The van der Waals surface area contributed by atoms with Crippen molar-refractivity contribution in [3.05, 3.63) is 18.0 Å². The molecule has 1 aliphatic rings. The summed E-state index contributed by atoms with van der Waals surface area (Å²) in [7, 11) is 3.60. The number of hydrogen-bond acceptors (Lipinski definition) is 5. The number of methoxy groups -OCH3 is 1. The van der Waals surface area contributed by atoms with Crippen LogP contribution in [-0.2, 0) is 17.4 Å². The maximum atomic E-state index is 10.7. The predicted molar refractivity (Wildman–Crippen MR) is 123 cm³/mol. The Hall–Kier alpha value is -0.910. The third-order valence-electron chi connectivity index (χ3n) is 5.09. The maximum Gasteiger partial charge on any atom is 0.191 e. The molecule has 1 aliphatic heterocycles. The summed E-state index contributed by atoms with van der Waals surface area (Å²) >= 11 is 0. The smallest absolute Gasteiger partial charge is 0.191 e. The molecular formula is C19H37IN6O2. The number of rotatable bonds is 9. The Morgan fingerprint density at radius 3 is 2.68 bits per heavy atom. The molecular weight excluding hydrogens is 471 g/mol. The zero-order valence-corrected chi connectivity index (χ0v) is 20.0. The standard InChI is InChI=1S/C19H36N6O2.HI/c1-5-20-18(22-15-19(2,26)17-13-23-24(3)14-17)21-12-16-6-8-25(9-7-16)10-11-27-4;/h13-14,16,26H,5-12,15H2,1-4H3,(H2,20,21,22);1H. The van der Waals surface area contributed by atoms with Crippen molar-refractivity contribution in [1.82, 2.24) is 25.3 Å². The molecule has 9 heteroatoms. The van der Waals surface area contributed by atoms with Crippen molar-refractivity contribution >= 4 is 29.9 Å². The van der Waals surface area contributed by atoms with Gasteiger partial charge in [0.05, 0.1) is 19.3 Å². The van der Waals surface area contributed by atoms with Crippen LogP contribution in [0.4, 0.5) is 0 Å². The molecule has 1 atom stereocenters. The number of guanidine groups is 1. The van der Waals surface area contributed by atoms with Crippen molar-refractivity contribution in [2.45, 2.75) is 32.3 Å². The molecule has 162 valence electrons. The molecule has 1 fully saturated rings. The topological polar surface area (TPSA) is 86.9 Å². The lowest BCUT2D eigenvalue weighted by atomic mass is 9.97. The SMILES string of the molecule is CCNC(=NCC(C)(O)c1cnn(C)c1)NCC1CCN(CCOC)CC1.I. The van der Waals surface area contributed by atoms with E-state index in [9.17, 15) is 5.11 Å². The molecule has 3 N–H and O–H groups in total. The molecule has 0 radical (unpaired) electrons. The Morgan fingerprint density at radius 2 is 2.11 bits per heavy atom. The Labute approximate surface area is 186 Å². The van der Waals surface area contributed by atoms with Crippen LogP contribution in [-0.4, -0.2) is 78.7 Å². The van der Waals surface area contributed by atoms with Gasteiger partial charge in [-0.05, 0) is 45.7 Å². The molecule has 1 aromatic heterocycles. The van der Waals surface area contributed by atoms with Crippen LogP contribution in [0.2, 0.25) is 0 Å². The van der Waals surface area contributed by atoms with E-state index in [-0.39, 0.29) is 30.5 Å². The molecule has 1 saturated heterocycles. The van der Waals surface area contributed by atoms with Gasteiger partial charge in [0.1, 0.15) is 5.60 Å². The number of likely N-dealkylation sites (tertiary alicyclic amines) is 1. The number of halogens is 1. The van der Waals surface area contributed by atoms with Gasteiger partial charge in [0.25, 0.3) is 0 Å². The summed E-state index contributed by atoms with van der Waals surface area (Å²) in [4.78, 5) is 7.05. The summed E-state index contributed by atoms with van der Waals surface area (Å²) in [5.41, 5.74) is -0.267. The number of nitrogens with one attached hydrogen (secondary N) is 2. The van der Waals surface area contributed by atoms with Crippen LogP contribution in [0.5, 0.6) is 0 Å². The number of aromatic nitrogens is 2. The van der Waals surface area contributed by atoms with E-state index in [0.717, 1.165) is 50.9 Å². The van der Waals surface area contributed by atoms with Crippen molar-refractivity contribution in [3.8, 4) is 0 Å². The van der Waals surface area contributed by atoms with Crippen LogP contribution in [0, 0.1) is 5.92 Å².